The van der Waals surface area contributed by atoms with Crippen LogP contribution in [0.15, 0.2) is 4.79 Å². The number of hydrogen-bond acceptors (Lipinski definition) is 2. The zero-order valence-corrected chi connectivity index (χ0v) is 8.53. The molecule has 0 saturated carbocycles. The van der Waals surface area contributed by atoms with E-state index in [0.717, 1.165) is 6.42 Å². The zero-order chi connectivity index (χ0) is 10.2. The van der Waals surface area contributed by atoms with Crippen molar-refractivity contribution in [1.29, 1.82) is 0 Å². The quantitative estimate of drug-likeness (QED) is 0.732. The van der Waals surface area contributed by atoms with Crippen molar-refractivity contribution in [3.8, 4) is 5.88 Å². The first-order valence-electron chi connectivity index (χ1n) is 4.38. The van der Waals surface area contributed by atoms with Crippen molar-refractivity contribution in [1.82, 2.24) is 9.13 Å². The van der Waals surface area contributed by atoms with Crippen molar-refractivity contribution in [2.75, 3.05) is 0 Å². The zero-order valence-electron chi connectivity index (χ0n) is 8.53. The minimum Gasteiger partial charge on any atom is -0.493 e. The predicted octanol–water partition coefficient (Wildman–Crippen LogP) is 0.628. The van der Waals surface area contributed by atoms with Gasteiger partial charge in [-0.2, -0.15) is 0 Å². The molecule has 74 valence electrons. The van der Waals surface area contributed by atoms with Crippen molar-refractivity contribution in [2.24, 2.45) is 20.0 Å². The second kappa shape index (κ2) is 3.28. The lowest BCUT2D eigenvalue weighted by molar-refractivity contribution is 0.419. The largest absolute Gasteiger partial charge is 0.493 e. The Bertz CT molecular complexity index is 360. The second-order valence-electron chi connectivity index (χ2n) is 3.77. The molecule has 1 aromatic rings. The molecular weight excluding hydrogens is 168 g/mol. The lowest BCUT2D eigenvalue weighted by atomic mass is 10.1. The smallest absolute Gasteiger partial charge is 0.330 e. The Hall–Kier alpha value is -1.19. The first-order chi connectivity index (χ1) is 5.95. The van der Waals surface area contributed by atoms with Crippen LogP contribution in [0.25, 0.3) is 0 Å². The first kappa shape index (κ1) is 9.89. The number of nitrogens with zero attached hydrogens (tertiary/aromatic N) is 2. The molecule has 0 bridgehead atoms. The molecule has 0 aliphatic heterocycles. The van der Waals surface area contributed by atoms with Crippen LogP contribution in [-0.2, 0) is 20.5 Å². The molecule has 0 fully saturated rings. The molecule has 1 N–H and O–H groups in total. The summed E-state index contributed by atoms with van der Waals surface area (Å²) >= 11 is 0. The summed E-state index contributed by atoms with van der Waals surface area (Å²) in [6.07, 6.45) is 0.721. The first-order valence-corrected chi connectivity index (χ1v) is 4.38. The minimum atomic E-state index is -0.173. The summed E-state index contributed by atoms with van der Waals surface area (Å²) in [6.45, 7) is 4.10. The fraction of sp³-hybridized carbons (Fsp3) is 0.667. The van der Waals surface area contributed by atoms with E-state index in [1.807, 2.05) is 0 Å². The van der Waals surface area contributed by atoms with Crippen molar-refractivity contribution in [3.05, 3.63) is 16.2 Å². The Labute approximate surface area is 77.4 Å². The van der Waals surface area contributed by atoms with Crippen molar-refractivity contribution in [2.45, 2.75) is 20.3 Å². The molecule has 0 atom stereocenters. The van der Waals surface area contributed by atoms with E-state index in [-0.39, 0.29) is 11.6 Å². The molecule has 0 aliphatic rings. The highest BCUT2D eigenvalue weighted by molar-refractivity contribution is 5.20. The van der Waals surface area contributed by atoms with Gasteiger partial charge in [0.15, 0.2) is 0 Å². The van der Waals surface area contributed by atoms with Gasteiger partial charge in [0.25, 0.3) is 0 Å². The summed E-state index contributed by atoms with van der Waals surface area (Å²) in [6, 6.07) is 0. The standard InChI is InChI=1S/C9H16N2O2/c1-6(2)5-7-8(12)11(4)9(13)10(7)3/h6,12H,5H2,1-4H3. The number of rotatable bonds is 2. The van der Waals surface area contributed by atoms with E-state index >= 15 is 0 Å². The number of aromatic hydroxyl groups is 1. The van der Waals surface area contributed by atoms with Crippen LogP contribution in [0.4, 0.5) is 0 Å². The number of imidazole rings is 1. The normalized spacial score (nSPS) is 11.2. The lowest BCUT2D eigenvalue weighted by Crippen LogP contribution is -2.20. The van der Waals surface area contributed by atoms with E-state index in [1.54, 1.807) is 14.1 Å². The summed E-state index contributed by atoms with van der Waals surface area (Å²) < 4.78 is 2.76. The summed E-state index contributed by atoms with van der Waals surface area (Å²) in [5.41, 5.74) is 0.538. The Kier molecular flexibility index (Phi) is 2.50. The Morgan fingerprint density at radius 2 is 1.85 bits per heavy atom. The third kappa shape index (κ3) is 1.61. The summed E-state index contributed by atoms with van der Waals surface area (Å²) in [5, 5.41) is 9.59. The molecule has 1 aromatic heterocycles. The molecule has 0 aliphatic carbocycles. The van der Waals surface area contributed by atoms with E-state index < -0.39 is 0 Å². The van der Waals surface area contributed by atoms with Crippen LogP contribution in [-0.4, -0.2) is 14.2 Å². The van der Waals surface area contributed by atoms with Crippen LogP contribution in [0.1, 0.15) is 19.5 Å². The Morgan fingerprint density at radius 1 is 1.31 bits per heavy atom. The number of aromatic nitrogens is 2. The molecule has 0 amide bonds. The van der Waals surface area contributed by atoms with Gasteiger partial charge >= 0.3 is 5.69 Å². The van der Waals surface area contributed by atoms with Crippen LogP contribution in [0, 0.1) is 5.92 Å². The maximum atomic E-state index is 11.4. The number of hydrogen-bond donors (Lipinski definition) is 1. The van der Waals surface area contributed by atoms with Gasteiger partial charge in [-0.05, 0) is 12.3 Å². The average Bonchev–Trinajstić information content (AvgIpc) is 2.22. The van der Waals surface area contributed by atoms with Crippen molar-refractivity contribution >= 4 is 0 Å². The third-order valence-corrected chi connectivity index (χ3v) is 2.16. The van der Waals surface area contributed by atoms with E-state index in [9.17, 15) is 9.90 Å². The molecule has 0 aromatic carbocycles. The summed E-state index contributed by atoms with van der Waals surface area (Å²) in [5.74, 6) is 0.514. The summed E-state index contributed by atoms with van der Waals surface area (Å²) in [7, 11) is 3.25. The van der Waals surface area contributed by atoms with Gasteiger partial charge in [0.05, 0.1) is 5.69 Å². The Morgan fingerprint density at radius 3 is 2.15 bits per heavy atom. The SMILES string of the molecule is CC(C)Cc1c(O)n(C)c(=O)n1C. The molecule has 1 heterocycles. The highest BCUT2D eigenvalue weighted by Gasteiger charge is 2.14. The highest BCUT2D eigenvalue weighted by atomic mass is 16.3. The fourth-order valence-corrected chi connectivity index (χ4v) is 1.39. The van der Waals surface area contributed by atoms with Gasteiger partial charge in [0.1, 0.15) is 0 Å². The van der Waals surface area contributed by atoms with Gasteiger partial charge in [0, 0.05) is 14.1 Å². The molecular formula is C9H16N2O2. The third-order valence-electron chi connectivity index (χ3n) is 2.16. The predicted molar refractivity (Wildman–Crippen MR) is 50.9 cm³/mol. The van der Waals surface area contributed by atoms with Crippen molar-refractivity contribution < 1.29 is 5.11 Å². The molecule has 0 unspecified atom stereocenters. The van der Waals surface area contributed by atoms with Gasteiger partial charge in [-0.25, -0.2) is 4.79 Å². The monoisotopic (exact) mass is 184 g/mol. The van der Waals surface area contributed by atoms with E-state index in [2.05, 4.69) is 13.8 Å². The van der Waals surface area contributed by atoms with E-state index in [4.69, 9.17) is 0 Å². The minimum absolute atomic E-state index is 0.0844. The Balaban J connectivity index is 3.21. The average molecular weight is 184 g/mol. The van der Waals surface area contributed by atoms with E-state index in [0.29, 0.717) is 11.6 Å². The molecule has 13 heavy (non-hydrogen) atoms. The maximum absolute atomic E-state index is 11.4. The molecule has 1 rings (SSSR count). The highest BCUT2D eigenvalue weighted by Crippen LogP contribution is 2.17. The molecule has 4 heteroatoms. The van der Waals surface area contributed by atoms with Gasteiger partial charge in [-0.1, -0.05) is 13.8 Å². The van der Waals surface area contributed by atoms with Gasteiger partial charge in [-0.3, -0.25) is 9.13 Å². The van der Waals surface area contributed by atoms with Gasteiger partial charge < -0.3 is 5.11 Å². The maximum Gasteiger partial charge on any atom is 0.330 e. The van der Waals surface area contributed by atoms with Crippen LogP contribution < -0.4 is 5.69 Å². The van der Waals surface area contributed by atoms with Gasteiger partial charge in [-0.15, -0.1) is 0 Å². The summed E-state index contributed by atoms with van der Waals surface area (Å²) in [4.78, 5) is 11.4. The lowest BCUT2D eigenvalue weighted by Gasteiger charge is -2.04. The van der Waals surface area contributed by atoms with E-state index in [1.165, 1.54) is 9.13 Å². The van der Waals surface area contributed by atoms with Crippen LogP contribution in [0.5, 0.6) is 5.88 Å². The van der Waals surface area contributed by atoms with Crippen LogP contribution >= 0.6 is 0 Å². The van der Waals surface area contributed by atoms with Crippen molar-refractivity contribution in [3.63, 3.8) is 0 Å². The van der Waals surface area contributed by atoms with Crippen LogP contribution in [0.2, 0.25) is 0 Å². The molecule has 0 spiro atoms. The van der Waals surface area contributed by atoms with Crippen LogP contribution in [0.3, 0.4) is 0 Å². The molecule has 0 radical (unpaired) electrons. The topological polar surface area (TPSA) is 47.2 Å². The fourth-order valence-electron chi connectivity index (χ4n) is 1.39. The molecule has 0 saturated heterocycles. The second-order valence-corrected chi connectivity index (χ2v) is 3.77. The molecule has 4 nitrogen and oxygen atoms in total. The van der Waals surface area contributed by atoms with Gasteiger partial charge in [0.2, 0.25) is 5.88 Å².